The summed E-state index contributed by atoms with van der Waals surface area (Å²) in [7, 11) is -3.43. The van der Waals surface area contributed by atoms with E-state index in [1.54, 1.807) is 6.20 Å². The maximum Gasteiger partial charge on any atom is 0.264 e. The molecule has 1 N–H and O–H groups in total. The predicted octanol–water partition coefficient (Wildman–Crippen LogP) is 0.563. The molecule has 28 heavy (non-hydrogen) atoms. The van der Waals surface area contributed by atoms with Crippen LogP contribution in [-0.4, -0.2) is 63.9 Å². The minimum atomic E-state index is -3.43. The third-order valence-electron chi connectivity index (χ3n) is 4.91. The van der Waals surface area contributed by atoms with Crippen LogP contribution < -0.4 is 10.2 Å². The molecule has 1 atom stereocenters. The van der Waals surface area contributed by atoms with Gasteiger partial charge in [0.2, 0.25) is 11.8 Å². The average molecular weight is 411 g/mol. The molecule has 2 aliphatic heterocycles. The number of ether oxygens (including phenoxy) is 1. The Hall–Kier alpha value is -2.04. The van der Waals surface area contributed by atoms with Gasteiger partial charge >= 0.3 is 0 Å². The minimum Gasteiger partial charge on any atom is -0.376 e. The van der Waals surface area contributed by atoms with Crippen LogP contribution in [0, 0.1) is 0 Å². The molecule has 0 saturated carbocycles. The van der Waals surface area contributed by atoms with Crippen LogP contribution in [0.4, 0.5) is 5.82 Å². The van der Waals surface area contributed by atoms with E-state index in [0.29, 0.717) is 12.8 Å². The van der Waals surface area contributed by atoms with Gasteiger partial charge in [-0.1, -0.05) is 6.07 Å². The molecule has 1 aromatic heterocycles. The quantitative estimate of drug-likeness (QED) is 0.393. The molecular formula is C18H25N3O6S. The summed E-state index contributed by atoms with van der Waals surface area (Å²) in [4.78, 5) is 29.9. The first kappa shape index (κ1) is 20.7. The maximum atomic E-state index is 12.0. The van der Waals surface area contributed by atoms with Crippen molar-refractivity contribution in [3.8, 4) is 0 Å². The molecule has 0 radical (unpaired) electrons. The van der Waals surface area contributed by atoms with Crippen molar-refractivity contribution in [3.05, 3.63) is 23.9 Å². The van der Waals surface area contributed by atoms with Gasteiger partial charge in [0, 0.05) is 25.7 Å². The van der Waals surface area contributed by atoms with Crippen molar-refractivity contribution in [1.29, 1.82) is 0 Å². The van der Waals surface area contributed by atoms with E-state index in [0.717, 1.165) is 43.6 Å². The summed E-state index contributed by atoms with van der Waals surface area (Å²) in [6.07, 6.45) is 5.29. The zero-order valence-corrected chi connectivity index (χ0v) is 16.6. The van der Waals surface area contributed by atoms with Gasteiger partial charge < -0.3 is 9.64 Å². The lowest BCUT2D eigenvalue weighted by Gasteiger charge is -2.33. The van der Waals surface area contributed by atoms with E-state index >= 15 is 0 Å². The number of hydrogen-bond donors (Lipinski definition) is 1. The lowest BCUT2D eigenvalue weighted by molar-refractivity contribution is -0.134. The number of amides is 2. The molecule has 10 heteroatoms. The van der Waals surface area contributed by atoms with Gasteiger partial charge in [-0.15, -0.1) is 0 Å². The Morgan fingerprint density at radius 3 is 2.54 bits per heavy atom. The number of nitrogens with one attached hydrogen (secondary N) is 1. The Bertz CT molecular complexity index is 803. The van der Waals surface area contributed by atoms with Crippen LogP contribution >= 0.6 is 0 Å². The summed E-state index contributed by atoms with van der Waals surface area (Å²) in [6, 6.07) is 3.80. The summed E-state index contributed by atoms with van der Waals surface area (Å²) in [5, 5.41) is 2.37. The van der Waals surface area contributed by atoms with Crippen LogP contribution in [0.5, 0.6) is 0 Å². The highest BCUT2D eigenvalue weighted by Gasteiger charge is 2.28. The van der Waals surface area contributed by atoms with Gasteiger partial charge in [0.05, 0.1) is 31.5 Å². The van der Waals surface area contributed by atoms with Gasteiger partial charge in [-0.3, -0.25) is 19.1 Å². The molecule has 0 aromatic carbocycles. The lowest BCUT2D eigenvalue weighted by Crippen LogP contribution is -2.39. The smallest absolute Gasteiger partial charge is 0.264 e. The zero-order valence-electron chi connectivity index (χ0n) is 15.8. The molecule has 0 bridgehead atoms. The van der Waals surface area contributed by atoms with E-state index in [2.05, 4.69) is 19.4 Å². The molecule has 2 saturated heterocycles. The van der Waals surface area contributed by atoms with Crippen LogP contribution in [0.1, 0.15) is 37.2 Å². The maximum absolute atomic E-state index is 12.0. The van der Waals surface area contributed by atoms with Crippen molar-refractivity contribution in [2.24, 2.45) is 0 Å². The fourth-order valence-corrected chi connectivity index (χ4v) is 3.82. The molecule has 0 spiro atoms. The first-order chi connectivity index (χ1) is 13.3. The molecule has 0 aliphatic carbocycles. The van der Waals surface area contributed by atoms with Crippen molar-refractivity contribution >= 4 is 27.8 Å². The number of rotatable bonds is 7. The van der Waals surface area contributed by atoms with Crippen molar-refractivity contribution < 1.29 is 26.9 Å². The van der Waals surface area contributed by atoms with Crippen LogP contribution in [-0.2, 0) is 28.6 Å². The number of carbonyl (C=O) groups excluding carboxylic acids is 2. The van der Waals surface area contributed by atoms with Gasteiger partial charge in [0.1, 0.15) is 5.82 Å². The molecule has 2 amide bonds. The largest absolute Gasteiger partial charge is 0.376 e. The number of nitrogens with zero attached hydrogens (tertiary/aromatic N) is 2. The van der Waals surface area contributed by atoms with E-state index in [1.165, 1.54) is 0 Å². The molecule has 154 valence electrons. The van der Waals surface area contributed by atoms with Crippen LogP contribution in [0.3, 0.4) is 0 Å². The number of piperidine rings is 2. The summed E-state index contributed by atoms with van der Waals surface area (Å²) in [5.74, 6) is 0.0323. The van der Waals surface area contributed by atoms with Crippen LogP contribution in [0.25, 0.3) is 0 Å². The summed E-state index contributed by atoms with van der Waals surface area (Å²) >= 11 is 0. The molecule has 1 unspecified atom stereocenters. The van der Waals surface area contributed by atoms with Gasteiger partial charge in [-0.25, -0.2) is 4.98 Å². The van der Waals surface area contributed by atoms with Crippen molar-refractivity contribution in [2.45, 2.75) is 37.7 Å². The Morgan fingerprint density at radius 2 is 1.93 bits per heavy atom. The Kier molecular flexibility index (Phi) is 6.63. The molecule has 2 fully saturated rings. The monoisotopic (exact) mass is 411 g/mol. The Morgan fingerprint density at radius 1 is 1.18 bits per heavy atom. The topological polar surface area (TPSA) is 115 Å². The third-order valence-corrected chi connectivity index (χ3v) is 5.51. The fourth-order valence-electron chi connectivity index (χ4n) is 3.45. The van der Waals surface area contributed by atoms with E-state index in [4.69, 9.17) is 4.74 Å². The number of carbonyl (C=O) groups is 2. The number of imide groups is 1. The number of aromatic nitrogens is 1. The number of hydrogen-bond acceptors (Lipinski definition) is 8. The summed E-state index contributed by atoms with van der Waals surface area (Å²) < 4.78 is 32.2. The zero-order chi connectivity index (χ0) is 20.1. The molecule has 3 heterocycles. The number of pyridine rings is 1. The van der Waals surface area contributed by atoms with Gasteiger partial charge in [0.15, 0.2) is 0 Å². The summed E-state index contributed by atoms with van der Waals surface area (Å²) in [6.45, 7) is 1.84. The number of anilines is 1. The van der Waals surface area contributed by atoms with E-state index in [1.807, 2.05) is 12.1 Å². The Balaban J connectivity index is 1.46. The first-order valence-electron chi connectivity index (χ1n) is 9.32. The minimum absolute atomic E-state index is 0.0302. The highest BCUT2D eigenvalue weighted by molar-refractivity contribution is 7.85. The van der Waals surface area contributed by atoms with Gasteiger partial charge in [-0.2, -0.15) is 8.42 Å². The molecule has 2 aliphatic rings. The summed E-state index contributed by atoms with van der Waals surface area (Å²) in [5.41, 5.74) is 0.817. The highest BCUT2D eigenvalue weighted by Crippen LogP contribution is 2.26. The SMILES string of the molecule is CS(=O)(=O)OCCOC1CCN(c2ccc(C3CCC(=O)NC3=O)cn2)CC1. The standard InChI is InChI=1S/C18H25N3O6S/c1-28(24,25)27-11-10-26-14-6-8-21(9-7-14)16-4-2-13(12-19-16)15-3-5-17(22)20-18(15)23/h2,4,12,14-15H,3,5-11H2,1H3,(H,20,22,23). The second-order valence-corrected chi connectivity index (χ2v) is 8.68. The highest BCUT2D eigenvalue weighted by atomic mass is 32.2. The van der Waals surface area contributed by atoms with Crippen LogP contribution in [0.15, 0.2) is 18.3 Å². The van der Waals surface area contributed by atoms with E-state index < -0.39 is 10.1 Å². The lowest BCUT2D eigenvalue weighted by atomic mass is 9.92. The van der Waals surface area contributed by atoms with Crippen LogP contribution in [0.2, 0.25) is 0 Å². The Labute approximate surface area is 164 Å². The fraction of sp³-hybridized carbons (Fsp3) is 0.611. The van der Waals surface area contributed by atoms with Crippen molar-refractivity contribution in [3.63, 3.8) is 0 Å². The molecule has 9 nitrogen and oxygen atoms in total. The van der Waals surface area contributed by atoms with Crippen molar-refractivity contribution in [2.75, 3.05) is 37.5 Å². The van der Waals surface area contributed by atoms with Crippen molar-refractivity contribution in [1.82, 2.24) is 10.3 Å². The third kappa shape index (κ3) is 5.73. The van der Waals surface area contributed by atoms with Gasteiger partial charge in [0.25, 0.3) is 10.1 Å². The van der Waals surface area contributed by atoms with E-state index in [-0.39, 0.29) is 37.0 Å². The predicted molar refractivity (Wildman–Crippen MR) is 101 cm³/mol. The second kappa shape index (κ2) is 8.97. The van der Waals surface area contributed by atoms with E-state index in [9.17, 15) is 18.0 Å². The molecule has 3 rings (SSSR count). The second-order valence-electron chi connectivity index (χ2n) is 7.04. The first-order valence-corrected chi connectivity index (χ1v) is 11.1. The molecule has 1 aromatic rings. The van der Waals surface area contributed by atoms with Gasteiger partial charge in [-0.05, 0) is 30.9 Å². The normalized spacial score (nSPS) is 21.6. The molecular weight excluding hydrogens is 386 g/mol. The average Bonchev–Trinajstić information content (AvgIpc) is 2.65.